The first-order chi connectivity index (χ1) is 10.2. The van der Waals surface area contributed by atoms with E-state index in [1.54, 1.807) is 12.1 Å². The summed E-state index contributed by atoms with van der Waals surface area (Å²) in [4.78, 5) is 12.3. The predicted molar refractivity (Wildman–Crippen MR) is 82.8 cm³/mol. The van der Waals surface area contributed by atoms with Gasteiger partial charge in [-0.1, -0.05) is 42.5 Å². The number of hydrogen-bond donors (Lipinski definition) is 0. The highest BCUT2D eigenvalue weighted by atomic mass is 16.5. The summed E-state index contributed by atoms with van der Waals surface area (Å²) < 4.78 is 11.1. The van der Waals surface area contributed by atoms with Gasteiger partial charge in [-0.2, -0.15) is 0 Å². The van der Waals surface area contributed by atoms with Crippen molar-refractivity contribution in [1.29, 1.82) is 0 Å². The highest BCUT2D eigenvalue weighted by Gasteiger charge is 2.14. The lowest BCUT2D eigenvalue weighted by Gasteiger charge is -2.14. The monoisotopic (exact) mass is 284 g/mol. The van der Waals surface area contributed by atoms with E-state index in [1.807, 2.05) is 56.3 Å². The number of Topliss-reactive ketones (excluding diaryl/α,β-unsaturated/α-hetero) is 1. The molecule has 0 fully saturated rings. The third kappa shape index (κ3) is 4.17. The second kappa shape index (κ2) is 7.60. The molecule has 0 aliphatic carbocycles. The van der Waals surface area contributed by atoms with Crippen molar-refractivity contribution in [2.24, 2.45) is 0 Å². The lowest BCUT2D eigenvalue weighted by Crippen LogP contribution is -2.13. The molecule has 0 saturated carbocycles. The molecule has 1 atom stereocenters. The highest BCUT2D eigenvalue weighted by molar-refractivity contribution is 5.99. The van der Waals surface area contributed by atoms with Gasteiger partial charge >= 0.3 is 0 Å². The molecule has 2 aromatic rings. The lowest BCUT2D eigenvalue weighted by molar-refractivity contribution is 0.0518. The van der Waals surface area contributed by atoms with Gasteiger partial charge < -0.3 is 9.47 Å². The maximum Gasteiger partial charge on any atom is 0.192 e. The van der Waals surface area contributed by atoms with Crippen molar-refractivity contribution in [2.75, 3.05) is 13.2 Å². The molecule has 0 spiro atoms. The molecule has 0 amide bonds. The van der Waals surface area contributed by atoms with Gasteiger partial charge in [-0.25, -0.2) is 0 Å². The van der Waals surface area contributed by atoms with E-state index in [9.17, 15) is 4.79 Å². The Kier molecular flexibility index (Phi) is 5.52. The maximum atomic E-state index is 12.3. The molecule has 0 aliphatic rings. The third-order valence-electron chi connectivity index (χ3n) is 3.22. The van der Waals surface area contributed by atoms with Crippen LogP contribution in [0.2, 0.25) is 0 Å². The summed E-state index contributed by atoms with van der Waals surface area (Å²) in [5.74, 6) is 0.544. The van der Waals surface area contributed by atoms with Crippen LogP contribution in [0.3, 0.4) is 0 Å². The summed E-state index contributed by atoms with van der Waals surface area (Å²) in [7, 11) is 0. The molecule has 3 heteroatoms. The van der Waals surface area contributed by atoms with E-state index in [-0.39, 0.29) is 18.5 Å². The zero-order valence-corrected chi connectivity index (χ0v) is 12.4. The molecule has 1 unspecified atom stereocenters. The van der Waals surface area contributed by atoms with Crippen LogP contribution >= 0.6 is 0 Å². The molecule has 0 saturated heterocycles. The largest absolute Gasteiger partial charge is 0.493 e. The molecule has 0 aromatic heterocycles. The minimum Gasteiger partial charge on any atom is -0.493 e. The average molecular weight is 284 g/mol. The normalized spacial score (nSPS) is 11.9. The Morgan fingerprint density at radius 3 is 2.43 bits per heavy atom. The van der Waals surface area contributed by atoms with Crippen LogP contribution in [0, 0.1) is 0 Å². The first kappa shape index (κ1) is 15.3. The molecule has 0 N–H and O–H groups in total. The minimum absolute atomic E-state index is 0.0418. The summed E-state index contributed by atoms with van der Waals surface area (Å²) in [6.07, 6.45) is -0.116. The second-order valence-electron chi connectivity index (χ2n) is 4.72. The van der Waals surface area contributed by atoms with E-state index in [0.717, 1.165) is 5.56 Å². The van der Waals surface area contributed by atoms with E-state index < -0.39 is 0 Å². The van der Waals surface area contributed by atoms with Crippen LogP contribution < -0.4 is 4.74 Å². The molecule has 0 aliphatic heterocycles. The standard InChI is InChI=1S/C18H20O3/c1-3-20-18-12-8-7-11-16(18)17(19)13-21-14(2)15-9-5-4-6-10-15/h4-12,14H,3,13H2,1-2H3. The van der Waals surface area contributed by atoms with Gasteiger partial charge in [0.2, 0.25) is 0 Å². The number of benzene rings is 2. The van der Waals surface area contributed by atoms with E-state index in [0.29, 0.717) is 17.9 Å². The van der Waals surface area contributed by atoms with Crippen molar-refractivity contribution in [1.82, 2.24) is 0 Å². The van der Waals surface area contributed by atoms with Gasteiger partial charge in [0.1, 0.15) is 12.4 Å². The van der Waals surface area contributed by atoms with Crippen LogP contribution in [0.1, 0.15) is 35.9 Å². The molecule has 110 valence electrons. The van der Waals surface area contributed by atoms with E-state index in [2.05, 4.69) is 0 Å². The van der Waals surface area contributed by atoms with Crippen molar-refractivity contribution in [3.63, 3.8) is 0 Å². The molecule has 2 aromatic carbocycles. The third-order valence-corrected chi connectivity index (χ3v) is 3.22. The van der Waals surface area contributed by atoms with E-state index >= 15 is 0 Å². The number of ketones is 1. The smallest absolute Gasteiger partial charge is 0.192 e. The van der Waals surface area contributed by atoms with Crippen molar-refractivity contribution in [3.05, 3.63) is 65.7 Å². The van der Waals surface area contributed by atoms with Gasteiger partial charge in [0, 0.05) is 0 Å². The average Bonchev–Trinajstić information content (AvgIpc) is 2.54. The molecule has 2 rings (SSSR count). The fourth-order valence-corrected chi connectivity index (χ4v) is 2.08. The van der Waals surface area contributed by atoms with Crippen LogP contribution in [-0.2, 0) is 4.74 Å². The summed E-state index contributed by atoms with van der Waals surface area (Å²) in [5.41, 5.74) is 1.63. The Bertz CT molecular complexity index is 578. The van der Waals surface area contributed by atoms with E-state index in [1.165, 1.54) is 0 Å². The van der Waals surface area contributed by atoms with Crippen LogP contribution in [0.25, 0.3) is 0 Å². The van der Waals surface area contributed by atoms with Gasteiger partial charge in [0.05, 0.1) is 18.3 Å². The minimum atomic E-state index is -0.116. The van der Waals surface area contributed by atoms with Gasteiger partial charge in [-0.3, -0.25) is 4.79 Å². The van der Waals surface area contributed by atoms with Crippen molar-refractivity contribution in [2.45, 2.75) is 20.0 Å². The Labute approximate surface area is 125 Å². The molecule has 0 radical (unpaired) electrons. The predicted octanol–water partition coefficient (Wildman–Crippen LogP) is 4.05. The van der Waals surface area contributed by atoms with Crippen LogP contribution in [-0.4, -0.2) is 19.0 Å². The number of hydrogen-bond acceptors (Lipinski definition) is 3. The zero-order valence-electron chi connectivity index (χ0n) is 12.4. The summed E-state index contributed by atoms with van der Waals surface area (Å²) in [6, 6.07) is 17.1. The van der Waals surface area contributed by atoms with Crippen LogP contribution in [0.4, 0.5) is 0 Å². The molecule has 3 nitrogen and oxygen atoms in total. The number of ether oxygens (including phenoxy) is 2. The maximum absolute atomic E-state index is 12.3. The van der Waals surface area contributed by atoms with Crippen LogP contribution in [0.5, 0.6) is 5.75 Å². The number of carbonyl (C=O) groups is 1. The first-order valence-corrected chi connectivity index (χ1v) is 7.14. The van der Waals surface area contributed by atoms with Gasteiger partial charge in [0.25, 0.3) is 0 Å². The zero-order chi connectivity index (χ0) is 15.1. The lowest BCUT2D eigenvalue weighted by atomic mass is 10.1. The van der Waals surface area contributed by atoms with Gasteiger partial charge in [-0.15, -0.1) is 0 Å². The van der Waals surface area contributed by atoms with Gasteiger partial charge in [-0.05, 0) is 31.5 Å². The van der Waals surface area contributed by atoms with Gasteiger partial charge in [0.15, 0.2) is 5.78 Å². The number of carbonyl (C=O) groups excluding carboxylic acids is 1. The molecule has 0 bridgehead atoms. The fourth-order valence-electron chi connectivity index (χ4n) is 2.08. The molecule has 0 heterocycles. The Morgan fingerprint density at radius 1 is 1.05 bits per heavy atom. The Hall–Kier alpha value is -2.13. The molecular weight excluding hydrogens is 264 g/mol. The number of rotatable bonds is 7. The van der Waals surface area contributed by atoms with E-state index in [4.69, 9.17) is 9.47 Å². The summed E-state index contributed by atoms with van der Waals surface area (Å²) in [6.45, 7) is 4.41. The van der Waals surface area contributed by atoms with Crippen molar-refractivity contribution >= 4 is 5.78 Å². The molecular formula is C18H20O3. The first-order valence-electron chi connectivity index (χ1n) is 7.14. The van der Waals surface area contributed by atoms with Crippen molar-refractivity contribution in [3.8, 4) is 5.75 Å². The summed E-state index contributed by atoms with van der Waals surface area (Å²) in [5, 5.41) is 0. The Morgan fingerprint density at radius 2 is 1.71 bits per heavy atom. The van der Waals surface area contributed by atoms with Crippen molar-refractivity contribution < 1.29 is 14.3 Å². The Balaban J connectivity index is 1.99. The SMILES string of the molecule is CCOc1ccccc1C(=O)COC(C)c1ccccc1. The fraction of sp³-hybridized carbons (Fsp3) is 0.278. The quantitative estimate of drug-likeness (QED) is 0.720. The second-order valence-corrected chi connectivity index (χ2v) is 4.72. The van der Waals surface area contributed by atoms with Crippen LogP contribution in [0.15, 0.2) is 54.6 Å². The number of para-hydroxylation sites is 1. The summed E-state index contributed by atoms with van der Waals surface area (Å²) >= 11 is 0. The molecule has 21 heavy (non-hydrogen) atoms. The topological polar surface area (TPSA) is 35.5 Å². The highest BCUT2D eigenvalue weighted by Crippen LogP contribution is 2.20.